The molecule has 138 valence electrons. The second-order valence-electron chi connectivity index (χ2n) is 7.20. The predicted molar refractivity (Wildman–Crippen MR) is 113 cm³/mol. The molecule has 2 rings (SSSR count). The molecule has 0 spiro atoms. The van der Waals surface area contributed by atoms with E-state index in [-0.39, 0.29) is 11.3 Å². The van der Waals surface area contributed by atoms with Crippen LogP contribution in [-0.2, 0) is 10.2 Å². The lowest BCUT2D eigenvalue weighted by atomic mass is 9.87. The van der Waals surface area contributed by atoms with E-state index in [0.29, 0.717) is 6.42 Å². The monoisotopic (exact) mass is 415 g/mol. The topological polar surface area (TPSA) is 53.5 Å². The van der Waals surface area contributed by atoms with E-state index in [1.165, 1.54) is 5.56 Å². The van der Waals surface area contributed by atoms with Crippen LogP contribution < -0.4 is 10.7 Å². The van der Waals surface area contributed by atoms with E-state index in [1.54, 1.807) is 6.21 Å². The minimum atomic E-state index is -0.0785. The molecule has 0 aliphatic carbocycles. The van der Waals surface area contributed by atoms with E-state index in [0.717, 1.165) is 28.7 Å². The molecule has 2 N–H and O–H groups in total. The normalized spacial score (nSPS) is 11.5. The number of carbonyl (C=O) groups excluding carboxylic acids is 1. The minimum Gasteiger partial charge on any atom is -0.385 e. The smallest absolute Gasteiger partial charge is 0.240 e. The maximum Gasteiger partial charge on any atom is 0.240 e. The molecule has 0 aromatic heterocycles. The zero-order chi connectivity index (χ0) is 19.0. The third kappa shape index (κ3) is 7.00. The first-order chi connectivity index (χ1) is 12.3. The third-order valence-corrected chi connectivity index (χ3v) is 4.46. The Hall–Kier alpha value is -2.14. The van der Waals surface area contributed by atoms with Gasteiger partial charge in [-0.2, -0.15) is 5.10 Å². The Balaban J connectivity index is 1.68. The fraction of sp³-hybridized carbons (Fsp3) is 0.333. The Labute approximate surface area is 164 Å². The summed E-state index contributed by atoms with van der Waals surface area (Å²) in [5.41, 5.74) is 6.00. The van der Waals surface area contributed by atoms with E-state index < -0.39 is 0 Å². The fourth-order valence-electron chi connectivity index (χ4n) is 2.35. The summed E-state index contributed by atoms with van der Waals surface area (Å²) in [7, 11) is 0. The number of carbonyl (C=O) groups is 1. The van der Waals surface area contributed by atoms with Crippen molar-refractivity contribution >= 4 is 33.7 Å². The Morgan fingerprint density at radius 2 is 1.73 bits per heavy atom. The van der Waals surface area contributed by atoms with Crippen molar-refractivity contribution in [2.24, 2.45) is 5.10 Å². The zero-order valence-corrected chi connectivity index (χ0v) is 17.1. The molecular weight excluding hydrogens is 390 g/mol. The molecule has 0 radical (unpaired) electrons. The predicted octanol–water partition coefficient (Wildman–Crippen LogP) is 5.09. The summed E-state index contributed by atoms with van der Waals surface area (Å²) >= 11 is 3.41. The van der Waals surface area contributed by atoms with E-state index >= 15 is 0 Å². The summed E-state index contributed by atoms with van der Waals surface area (Å²) in [6.07, 6.45) is 2.85. The van der Waals surface area contributed by atoms with Gasteiger partial charge in [-0.15, -0.1) is 0 Å². The van der Waals surface area contributed by atoms with Crippen LogP contribution in [0, 0.1) is 0 Å². The van der Waals surface area contributed by atoms with Crippen molar-refractivity contribution in [2.75, 3.05) is 11.9 Å². The zero-order valence-electron chi connectivity index (χ0n) is 15.6. The number of hydrogen-bond donors (Lipinski definition) is 2. The molecule has 4 nitrogen and oxygen atoms in total. The van der Waals surface area contributed by atoms with Gasteiger partial charge >= 0.3 is 0 Å². The van der Waals surface area contributed by atoms with Crippen molar-refractivity contribution in [3.05, 3.63) is 64.1 Å². The fourth-order valence-corrected chi connectivity index (χ4v) is 2.62. The molecular formula is C21H26BrN3O. The number of nitrogens with zero attached hydrogens (tertiary/aromatic N) is 1. The standard InChI is InChI=1S/C21H26BrN3O/c1-21(2,3)17-8-6-16(7-9-17)15-24-25-20(26)5-4-14-23-19-12-10-18(22)11-13-19/h6-13,15,23H,4-5,14H2,1-3H3,(H,25,26). The summed E-state index contributed by atoms with van der Waals surface area (Å²) in [6, 6.07) is 16.2. The molecule has 0 aliphatic heterocycles. The number of hydrogen-bond acceptors (Lipinski definition) is 3. The Bertz CT molecular complexity index is 731. The molecule has 5 heteroatoms. The Kier molecular flexibility index (Phi) is 7.39. The van der Waals surface area contributed by atoms with Gasteiger partial charge in [0.2, 0.25) is 5.91 Å². The number of hydrazone groups is 1. The SMILES string of the molecule is CC(C)(C)c1ccc(C=NNC(=O)CCCNc2ccc(Br)cc2)cc1. The maximum atomic E-state index is 11.8. The van der Waals surface area contributed by atoms with Crippen molar-refractivity contribution in [1.82, 2.24) is 5.43 Å². The van der Waals surface area contributed by atoms with Gasteiger partial charge in [0, 0.05) is 23.1 Å². The summed E-state index contributed by atoms with van der Waals surface area (Å²) in [4.78, 5) is 11.8. The van der Waals surface area contributed by atoms with Crippen LogP contribution in [0.1, 0.15) is 44.7 Å². The average Bonchev–Trinajstić information content (AvgIpc) is 2.60. The number of anilines is 1. The minimum absolute atomic E-state index is 0.0785. The molecule has 0 saturated heterocycles. The van der Waals surface area contributed by atoms with Gasteiger partial charge in [0.05, 0.1) is 6.21 Å². The molecule has 0 unspecified atom stereocenters. The van der Waals surface area contributed by atoms with Crippen molar-refractivity contribution in [3.8, 4) is 0 Å². The van der Waals surface area contributed by atoms with Crippen LogP contribution in [0.2, 0.25) is 0 Å². The van der Waals surface area contributed by atoms with Crippen LogP contribution in [-0.4, -0.2) is 18.7 Å². The molecule has 0 bridgehead atoms. The molecule has 26 heavy (non-hydrogen) atoms. The van der Waals surface area contributed by atoms with Gasteiger partial charge < -0.3 is 5.32 Å². The second-order valence-corrected chi connectivity index (χ2v) is 8.12. The molecule has 0 heterocycles. The summed E-state index contributed by atoms with van der Waals surface area (Å²) in [5.74, 6) is -0.0785. The molecule has 0 saturated carbocycles. The van der Waals surface area contributed by atoms with Gasteiger partial charge in [-0.25, -0.2) is 5.43 Å². The van der Waals surface area contributed by atoms with Crippen LogP contribution in [0.4, 0.5) is 5.69 Å². The molecule has 2 aromatic carbocycles. The van der Waals surface area contributed by atoms with Crippen LogP contribution in [0.25, 0.3) is 0 Å². The van der Waals surface area contributed by atoms with E-state index in [1.807, 2.05) is 36.4 Å². The van der Waals surface area contributed by atoms with Crippen molar-refractivity contribution < 1.29 is 4.79 Å². The number of amides is 1. The maximum absolute atomic E-state index is 11.8. The number of halogens is 1. The van der Waals surface area contributed by atoms with Crippen molar-refractivity contribution in [1.29, 1.82) is 0 Å². The highest BCUT2D eigenvalue weighted by Crippen LogP contribution is 2.21. The highest BCUT2D eigenvalue weighted by atomic mass is 79.9. The van der Waals surface area contributed by atoms with Crippen LogP contribution >= 0.6 is 15.9 Å². The average molecular weight is 416 g/mol. The van der Waals surface area contributed by atoms with Crippen molar-refractivity contribution in [2.45, 2.75) is 39.0 Å². The van der Waals surface area contributed by atoms with Gasteiger partial charge in [-0.05, 0) is 47.2 Å². The number of rotatable bonds is 7. The Morgan fingerprint density at radius 3 is 2.35 bits per heavy atom. The second kappa shape index (κ2) is 9.53. The van der Waals surface area contributed by atoms with Gasteiger partial charge in [-0.1, -0.05) is 61.0 Å². The molecule has 2 aromatic rings. The summed E-state index contributed by atoms with van der Waals surface area (Å²) < 4.78 is 1.05. The highest BCUT2D eigenvalue weighted by molar-refractivity contribution is 9.10. The first-order valence-corrected chi connectivity index (χ1v) is 9.56. The Morgan fingerprint density at radius 1 is 1.08 bits per heavy atom. The molecule has 0 aliphatic rings. The largest absolute Gasteiger partial charge is 0.385 e. The quantitative estimate of drug-likeness (QED) is 0.375. The lowest BCUT2D eigenvalue weighted by Gasteiger charge is -2.18. The van der Waals surface area contributed by atoms with Gasteiger partial charge in [0.15, 0.2) is 0 Å². The van der Waals surface area contributed by atoms with Crippen LogP contribution in [0.5, 0.6) is 0 Å². The van der Waals surface area contributed by atoms with Gasteiger partial charge in [0.25, 0.3) is 0 Å². The van der Waals surface area contributed by atoms with Crippen LogP contribution in [0.15, 0.2) is 58.1 Å². The summed E-state index contributed by atoms with van der Waals surface area (Å²) in [6.45, 7) is 7.29. The molecule has 1 amide bonds. The lowest BCUT2D eigenvalue weighted by molar-refractivity contribution is -0.121. The highest BCUT2D eigenvalue weighted by Gasteiger charge is 2.12. The van der Waals surface area contributed by atoms with Crippen LogP contribution in [0.3, 0.4) is 0 Å². The number of benzene rings is 2. The molecule has 0 atom stereocenters. The third-order valence-electron chi connectivity index (χ3n) is 3.93. The van der Waals surface area contributed by atoms with Crippen molar-refractivity contribution in [3.63, 3.8) is 0 Å². The van der Waals surface area contributed by atoms with E-state index in [4.69, 9.17) is 0 Å². The van der Waals surface area contributed by atoms with Gasteiger partial charge in [0.1, 0.15) is 0 Å². The first kappa shape index (κ1) is 20.2. The van der Waals surface area contributed by atoms with Gasteiger partial charge in [-0.3, -0.25) is 4.79 Å². The lowest BCUT2D eigenvalue weighted by Crippen LogP contribution is -2.18. The first-order valence-electron chi connectivity index (χ1n) is 8.76. The molecule has 0 fully saturated rings. The van der Waals surface area contributed by atoms with E-state index in [9.17, 15) is 4.79 Å². The number of nitrogens with one attached hydrogen (secondary N) is 2. The van der Waals surface area contributed by atoms with E-state index in [2.05, 4.69) is 64.7 Å². The summed E-state index contributed by atoms with van der Waals surface area (Å²) in [5, 5.41) is 7.32.